The van der Waals surface area contributed by atoms with Gasteiger partial charge >= 0.3 is 5.97 Å². The molecule has 21 heavy (non-hydrogen) atoms. The molecule has 0 N–H and O–H groups in total. The first-order valence-corrected chi connectivity index (χ1v) is 7.26. The highest BCUT2D eigenvalue weighted by molar-refractivity contribution is 7.07. The van der Waals surface area contributed by atoms with Gasteiger partial charge in [0.25, 0.3) is 0 Å². The second kappa shape index (κ2) is 5.97. The van der Waals surface area contributed by atoms with Crippen LogP contribution in [-0.2, 0) is 16.0 Å². The highest BCUT2D eigenvalue weighted by Crippen LogP contribution is 2.32. The van der Waals surface area contributed by atoms with E-state index in [1.807, 2.05) is 16.8 Å². The summed E-state index contributed by atoms with van der Waals surface area (Å²) >= 11 is 1.51. The molecule has 0 fully saturated rings. The van der Waals surface area contributed by atoms with Crippen LogP contribution in [0.1, 0.15) is 15.9 Å². The minimum atomic E-state index is -0.414. The molecule has 0 radical (unpaired) electrons. The van der Waals surface area contributed by atoms with Gasteiger partial charge in [0.1, 0.15) is 0 Å². The van der Waals surface area contributed by atoms with Gasteiger partial charge in [-0.25, -0.2) is 0 Å². The van der Waals surface area contributed by atoms with Crippen LogP contribution >= 0.6 is 11.3 Å². The van der Waals surface area contributed by atoms with Crippen LogP contribution < -0.4 is 9.47 Å². The fourth-order valence-electron chi connectivity index (χ4n) is 1.91. The number of carbonyl (C=O) groups excluding carboxylic acids is 2. The van der Waals surface area contributed by atoms with E-state index < -0.39 is 5.97 Å². The minimum absolute atomic E-state index is 0.155. The van der Waals surface area contributed by atoms with E-state index in [2.05, 4.69) is 0 Å². The Labute approximate surface area is 125 Å². The zero-order valence-corrected chi connectivity index (χ0v) is 11.9. The lowest BCUT2D eigenvalue weighted by molar-refractivity contribution is -0.141. The molecule has 0 aliphatic carbocycles. The molecule has 0 saturated carbocycles. The largest absolute Gasteiger partial charge is 0.457 e. The summed E-state index contributed by atoms with van der Waals surface area (Å²) in [5.41, 5.74) is 1.32. The van der Waals surface area contributed by atoms with E-state index in [-0.39, 0.29) is 25.6 Å². The lowest BCUT2D eigenvalue weighted by Crippen LogP contribution is -2.15. The molecule has 0 atom stereocenters. The van der Waals surface area contributed by atoms with Gasteiger partial charge in [-0.05, 0) is 40.6 Å². The number of ketones is 1. The van der Waals surface area contributed by atoms with Gasteiger partial charge in [0.05, 0.1) is 6.42 Å². The Hall–Kier alpha value is -2.34. The van der Waals surface area contributed by atoms with Crippen molar-refractivity contribution in [2.24, 2.45) is 0 Å². The Morgan fingerprint density at radius 1 is 1.19 bits per heavy atom. The van der Waals surface area contributed by atoms with Crippen molar-refractivity contribution < 1.29 is 23.8 Å². The average molecular weight is 304 g/mol. The molecule has 2 aromatic rings. The first kappa shape index (κ1) is 13.6. The third-order valence-corrected chi connectivity index (χ3v) is 3.72. The van der Waals surface area contributed by atoms with Crippen molar-refractivity contribution in [3.63, 3.8) is 0 Å². The van der Waals surface area contributed by atoms with Crippen LogP contribution in [0.4, 0.5) is 0 Å². The van der Waals surface area contributed by atoms with E-state index in [1.54, 1.807) is 18.2 Å². The van der Waals surface area contributed by atoms with Gasteiger partial charge in [-0.15, -0.1) is 0 Å². The summed E-state index contributed by atoms with van der Waals surface area (Å²) in [7, 11) is 0. The summed E-state index contributed by atoms with van der Waals surface area (Å²) in [6.07, 6.45) is 0.178. The summed E-state index contributed by atoms with van der Waals surface area (Å²) in [4.78, 5) is 23.6. The molecular weight excluding hydrogens is 292 g/mol. The highest BCUT2D eigenvalue weighted by Gasteiger charge is 2.17. The van der Waals surface area contributed by atoms with Gasteiger partial charge in [-0.2, -0.15) is 11.3 Å². The number of fused-ring (bicyclic) bond motifs is 1. The Bertz CT molecular complexity index is 663. The van der Waals surface area contributed by atoms with Gasteiger partial charge in [-0.1, -0.05) is 0 Å². The molecule has 0 spiro atoms. The Balaban J connectivity index is 1.55. The minimum Gasteiger partial charge on any atom is -0.457 e. The molecule has 1 aliphatic heterocycles. The van der Waals surface area contributed by atoms with Crippen molar-refractivity contribution in [1.29, 1.82) is 0 Å². The molecule has 5 nitrogen and oxygen atoms in total. The smallest absolute Gasteiger partial charge is 0.310 e. The van der Waals surface area contributed by atoms with E-state index in [9.17, 15) is 9.59 Å². The summed E-state index contributed by atoms with van der Waals surface area (Å²) in [5, 5.41) is 3.77. The number of ether oxygens (including phenoxy) is 3. The summed E-state index contributed by atoms with van der Waals surface area (Å²) in [6, 6.07) is 6.74. The van der Waals surface area contributed by atoms with Crippen LogP contribution in [0.25, 0.3) is 0 Å². The molecule has 0 unspecified atom stereocenters. The van der Waals surface area contributed by atoms with Crippen LogP contribution in [0, 0.1) is 0 Å². The van der Waals surface area contributed by atoms with Crippen molar-refractivity contribution in [3.8, 4) is 11.5 Å². The van der Waals surface area contributed by atoms with Gasteiger partial charge < -0.3 is 14.2 Å². The van der Waals surface area contributed by atoms with Gasteiger partial charge in [0.2, 0.25) is 6.79 Å². The van der Waals surface area contributed by atoms with E-state index in [0.717, 1.165) is 5.56 Å². The second-order valence-corrected chi connectivity index (χ2v) is 5.24. The molecule has 108 valence electrons. The van der Waals surface area contributed by atoms with Crippen molar-refractivity contribution in [3.05, 3.63) is 46.2 Å². The molecule has 0 saturated heterocycles. The molecule has 0 amide bonds. The molecule has 3 rings (SSSR count). The van der Waals surface area contributed by atoms with Gasteiger partial charge in [0, 0.05) is 5.56 Å². The lowest BCUT2D eigenvalue weighted by Gasteiger charge is -2.04. The summed E-state index contributed by atoms with van der Waals surface area (Å²) in [6.45, 7) is -0.120. The lowest BCUT2D eigenvalue weighted by atomic mass is 10.1. The maximum atomic E-state index is 12.0. The van der Waals surface area contributed by atoms with Crippen molar-refractivity contribution in [2.75, 3.05) is 13.4 Å². The quantitative estimate of drug-likeness (QED) is 0.627. The number of benzene rings is 1. The number of rotatable bonds is 5. The van der Waals surface area contributed by atoms with E-state index in [4.69, 9.17) is 14.2 Å². The predicted octanol–water partition coefficient (Wildman–Crippen LogP) is 2.45. The Morgan fingerprint density at radius 3 is 2.86 bits per heavy atom. The molecule has 2 heterocycles. The standard InChI is InChI=1S/C15H12O5S/c16-12(7-18-15(17)5-10-3-4-21-8-10)11-1-2-13-14(6-11)20-9-19-13/h1-4,6,8H,5,7,9H2. The number of hydrogen-bond donors (Lipinski definition) is 0. The predicted molar refractivity (Wildman–Crippen MR) is 75.9 cm³/mol. The first-order valence-electron chi connectivity index (χ1n) is 6.32. The van der Waals surface area contributed by atoms with Crippen LogP contribution in [0.5, 0.6) is 11.5 Å². The summed E-state index contributed by atoms with van der Waals surface area (Å²) < 4.78 is 15.4. The molecule has 1 aromatic carbocycles. The molecule has 6 heteroatoms. The molecule has 1 aromatic heterocycles. The number of hydrogen-bond acceptors (Lipinski definition) is 6. The van der Waals surface area contributed by atoms with Crippen molar-refractivity contribution in [2.45, 2.75) is 6.42 Å². The molecule has 0 bridgehead atoms. The second-order valence-electron chi connectivity index (χ2n) is 4.46. The maximum Gasteiger partial charge on any atom is 0.310 e. The fraction of sp³-hybridized carbons (Fsp3) is 0.200. The van der Waals surface area contributed by atoms with Crippen molar-refractivity contribution in [1.82, 2.24) is 0 Å². The van der Waals surface area contributed by atoms with E-state index in [0.29, 0.717) is 17.1 Å². The van der Waals surface area contributed by atoms with E-state index in [1.165, 1.54) is 11.3 Å². The van der Waals surface area contributed by atoms with Crippen LogP contribution in [0.2, 0.25) is 0 Å². The number of esters is 1. The first-order chi connectivity index (χ1) is 10.2. The monoisotopic (exact) mass is 304 g/mol. The highest BCUT2D eigenvalue weighted by atomic mass is 32.1. The van der Waals surface area contributed by atoms with Crippen LogP contribution in [0.3, 0.4) is 0 Å². The summed E-state index contributed by atoms with van der Waals surface area (Å²) in [5.74, 6) is 0.459. The Morgan fingerprint density at radius 2 is 2.05 bits per heavy atom. The van der Waals surface area contributed by atoms with Crippen molar-refractivity contribution >= 4 is 23.1 Å². The zero-order valence-electron chi connectivity index (χ0n) is 11.0. The normalized spacial score (nSPS) is 12.2. The fourth-order valence-corrected chi connectivity index (χ4v) is 2.58. The van der Waals surface area contributed by atoms with Crippen LogP contribution in [0.15, 0.2) is 35.0 Å². The number of Topliss-reactive ketones (excluding diaryl/α,β-unsaturated/α-hetero) is 1. The Kier molecular flexibility index (Phi) is 3.87. The molecule has 1 aliphatic rings. The number of carbonyl (C=O) groups is 2. The van der Waals surface area contributed by atoms with E-state index >= 15 is 0 Å². The van der Waals surface area contributed by atoms with Gasteiger partial charge in [-0.3, -0.25) is 9.59 Å². The topological polar surface area (TPSA) is 61.8 Å². The third kappa shape index (κ3) is 3.22. The maximum absolute atomic E-state index is 12.0. The number of thiophene rings is 1. The van der Waals surface area contributed by atoms with Gasteiger partial charge in [0.15, 0.2) is 23.9 Å². The molecular formula is C15H12O5S. The zero-order chi connectivity index (χ0) is 14.7. The van der Waals surface area contributed by atoms with Crippen LogP contribution in [-0.4, -0.2) is 25.2 Å². The SMILES string of the molecule is O=C(Cc1ccsc1)OCC(=O)c1ccc2c(c1)OCO2. The third-order valence-electron chi connectivity index (χ3n) is 2.99. The average Bonchev–Trinajstić information content (AvgIpc) is 3.14.